The Bertz CT molecular complexity index is 982. The maximum Gasteiger partial charge on any atom is 0.0624 e. The number of allylic oxidation sites excluding steroid dienone is 1. The van der Waals surface area contributed by atoms with Crippen LogP contribution in [0.25, 0.3) is 6.08 Å². The van der Waals surface area contributed by atoms with Crippen molar-refractivity contribution >= 4 is 36.2 Å². The minimum atomic E-state index is -0.196. The van der Waals surface area contributed by atoms with Crippen molar-refractivity contribution in [1.82, 2.24) is 0 Å². The van der Waals surface area contributed by atoms with Crippen molar-refractivity contribution in [3.63, 3.8) is 0 Å². The van der Waals surface area contributed by atoms with Crippen LogP contribution in [0.1, 0.15) is 36.9 Å². The first-order valence-corrected chi connectivity index (χ1v) is 14.0. The molecule has 4 rings (SSSR count). The molecule has 0 saturated carbocycles. The predicted octanol–water partition coefficient (Wildman–Crippen LogP) is 5.03. The van der Waals surface area contributed by atoms with E-state index in [1.54, 1.807) is 5.19 Å². The van der Waals surface area contributed by atoms with Crippen LogP contribution in [0.5, 0.6) is 0 Å². The van der Waals surface area contributed by atoms with Gasteiger partial charge < -0.3 is 0 Å². The first kappa shape index (κ1) is 25.3. The van der Waals surface area contributed by atoms with E-state index in [1.807, 2.05) is 37.3 Å². The molecule has 32 heavy (non-hydrogen) atoms. The molecule has 4 aromatic carbocycles. The number of benzene rings is 4. The number of rotatable bonds is 5. The summed E-state index contributed by atoms with van der Waals surface area (Å²) in [4.78, 5) is 0. The fourth-order valence-electron chi connectivity index (χ4n) is 3.41. The standard InChI is InChI=1S/C15H18Si.C9H10.C6H8Si/c1-2-15(13-9-5-3-6-10-13)16-14-11-7-4-8-12-14;1-2-6-9-7-4-3-5-8-9;7-6-4-2-1-3-5-6/h3-12,15H,2,16H2,1H3;2-8H,1H3;1-5H,7H3/b;6-2-;. The Hall–Kier alpha value is -2.95. The topological polar surface area (TPSA) is 0 Å². The van der Waals surface area contributed by atoms with Crippen molar-refractivity contribution < 1.29 is 0 Å². The first-order valence-electron chi connectivity index (χ1n) is 11.5. The molecule has 0 N–H and O–H groups in total. The third kappa shape index (κ3) is 10.4. The van der Waals surface area contributed by atoms with Crippen molar-refractivity contribution in [3.8, 4) is 0 Å². The molecule has 0 amide bonds. The third-order valence-electron chi connectivity index (χ3n) is 5.19. The molecule has 1 unspecified atom stereocenters. The average Bonchev–Trinajstić information content (AvgIpc) is 2.86. The highest BCUT2D eigenvalue weighted by atomic mass is 28.2. The van der Waals surface area contributed by atoms with Crippen LogP contribution in [0.2, 0.25) is 0 Å². The SMILES string of the molecule is C/C=C\c1ccccc1.CCC([SiH2]c1ccccc1)c1ccccc1.[SiH3]c1ccccc1. The Labute approximate surface area is 200 Å². The monoisotopic (exact) mass is 452 g/mol. The molecule has 0 fully saturated rings. The molecular weight excluding hydrogens is 417 g/mol. The van der Waals surface area contributed by atoms with Gasteiger partial charge in [-0.2, -0.15) is 0 Å². The average molecular weight is 453 g/mol. The summed E-state index contributed by atoms with van der Waals surface area (Å²) < 4.78 is 0. The van der Waals surface area contributed by atoms with E-state index in [4.69, 9.17) is 0 Å². The van der Waals surface area contributed by atoms with E-state index in [0.717, 1.165) is 5.54 Å². The van der Waals surface area contributed by atoms with Crippen molar-refractivity contribution in [2.45, 2.75) is 25.8 Å². The van der Waals surface area contributed by atoms with E-state index in [1.165, 1.54) is 33.0 Å². The number of hydrogen-bond acceptors (Lipinski definition) is 0. The zero-order valence-corrected chi connectivity index (χ0v) is 23.1. The fraction of sp³-hybridized carbons (Fsp3) is 0.133. The molecule has 0 nitrogen and oxygen atoms in total. The van der Waals surface area contributed by atoms with Crippen LogP contribution in [0.4, 0.5) is 0 Å². The van der Waals surface area contributed by atoms with Gasteiger partial charge in [-0.05, 0) is 23.6 Å². The highest BCUT2D eigenvalue weighted by Crippen LogP contribution is 2.17. The predicted molar refractivity (Wildman–Crippen MR) is 151 cm³/mol. The molecule has 0 aromatic heterocycles. The van der Waals surface area contributed by atoms with Gasteiger partial charge >= 0.3 is 0 Å². The van der Waals surface area contributed by atoms with Crippen LogP contribution < -0.4 is 10.4 Å². The molecular formula is C30H36Si2. The molecule has 4 aromatic rings. The molecule has 0 bridgehead atoms. The summed E-state index contributed by atoms with van der Waals surface area (Å²) in [5.41, 5.74) is 3.56. The normalized spacial score (nSPS) is 11.4. The maximum absolute atomic E-state index is 2.30. The van der Waals surface area contributed by atoms with Crippen molar-refractivity contribution in [1.29, 1.82) is 0 Å². The molecule has 0 radical (unpaired) electrons. The first-order chi connectivity index (χ1) is 15.7. The second kappa shape index (κ2) is 15.8. The van der Waals surface area contributed by atoms with Crippen LogP contribution in [-0.4, -0.2) is 19.8 Å². The van der Waals surface area contributed by atoms with Gasteiger partial charge in [-0.1, -0.05) is 157 Å². The Balaban J connectivity index is 0.000000191. The lowest BCUT2D eigenvalue weighted by atomic mass is 10.1. The van der Waals surface area contributed by atoms with Gasteiger partial charge in [0.1, 0.15) is 0 Å². The highest BCUT2D eigenvalue weighted by molar-refractivity contribution is 6.55. The summed E-state index contributed by atoms with van der Waals surface area (Å²) >= 11 is 0. The van der Waals surface area contributed by atoms with Gasteiger partial charge in [0.25, 0.3) is 0 Å². The van der Waals surface area contributed by atoms with Crippen molar-refractivity contribution in [3.05, 3.63) is 139 Å². The molecule has 0 heterocycles. The Morgan fingerprint density at radius 3 is 1.59 bits per heavy atom. The van der Waals surface area contributed by atoms with Gasteiger partial charge in [-0.3, -0.25) is 0 Å². The molecule has 0 spiro atoms. The van der Waals surface area contributed by atoms with Gasteiger partial charge in [0.2, 0.25) is 0 Å². The zero-order chi connectivity index (χ0) is 22.9. The number of hydrogen-bond donors (Lipinski definition) is 0. The largest absolute Gasteiger partial charge is 0.0871 e. The molecule has 164 valence electrons. The van der Waals surface area contributed by atoms with Gasteiger partial charge in [-0.25, -0.2) is 0 Å². The molecule has 0 aliphatic heterocycles. The molecule has 0 aliphatic rings. The van der Waals surface area contributed by atoms with Crippen LogP contribution in [-0.2, 0) is 0 Å². The minimum Gasteiger partial charge on any atom is -0.0871 e. The van der Waals surface area contributed by atoms with Gasteiger partial charge in [0, 0.05) is 10.2 Å². The molecule has 0 aliphatic carbocycles. The smallest absolute Gasteiger partial charge is 0.0624 e. The van der Waals surface area contributed by atoms with Crippen LogP contribution >= 0.6 is 0 Å². The quantitative estimate of drug-likeness (QED) is 0.373. The third-order valence-corrected chi connectivity index (χ3v) is 8.34. The lowest BCUT2D eigenvalue weighted by molar-refractivity contribution is 0.876. The summed E-state index contributed by atoms with van der Waals surface area (Å²) in [5.74, 6) is 0. The molecule has 1 atom stereocenters. The van der Waals surface area contributed by atoms with E-state index < -0.39 is 0 Å². The minimum absolute atomic E-state index is 0.196. The summed E-state index contributed by atoms with van der Waals surface area (Å²) in [5, 5.41) is 3.03. The van der Waals surface area contributed by atoms with E-state index >= 15 is 0 Å². The summed E-state index contributed by atoms with van der Waals surface area (Å²) in [6.07, 6.45) is 5.38. The van der Waals surface area contributed by atoms with E-state index in [0.29, 0.717) is 0 Å². The van der Waals surface area contributed by atoms with Crippen LogP contribution in [0.3, 0.4) is 0 Å². The van der Waals surface area contributed by atoms with Crippen LogP contribution in [0.15, 0.2) is 127 Å². The molecule has 2 heteroatoms. The van der Waals surface area contributed by atoms with Gasteiger partial charge in [0.15, 0.2) is 0 Å². The fourth-order valence-corrected chi connectivity index (χ4v) is 5.71. The van der Waals surface area contributed by atoms with E-state index in [2.05, 4.69) is 110 Å². The molecule has 0 saturated heterocycles. The zero-order valence-electron chi connectivity index (χ0n) is 19.7. The highest BCUT2D eigenvalue weighted by Gasteiger charge is 2.09. The second-order valence-electron chi connectivity index (χ2n) is 7.77. The lowest BCUT2D eigenvalue weighted by Crippen LogP contribution is -2.21. The van der Waals surface area contributed by atoms with Crippen molar-refractivity contribution in [2.24, 2.45) is 0 Å². The maximum atomic E-state index is 2.30. The van der Waals surface area contributed by atoms with Crippen LogP contribution in [0, 0.1) is 0 Å². The Morgan fingerprint density at radius 2 is 1.16 bits per heavy atom. The second-order valence-corrected chi connectivity index (χ2v) is 11.1. The van der Waals surface area contributed by atoms with E-state index in [9.17, 15) is 0 Å². The van der Waals surface area contributed by atoms with Crippen molar-refractivity contribution in [2.75, 3.05) is 0 Å². The van der Waals surface area contributed by atoms with Gasteiger partial charge in [0.05, 0.1) is 9.52 Å². The summed E-state index contributed by atoms with van der Waals surface area (Å²) in [6, 6.07) is 42.6. The lowest BCUT2D eigenvalue weighted by Gasteiger charge is -2.14. The van der Waals surface area contributed by atoms with Gasteiger partial charge in [-0.15, -0.1) is 0 Å². The Kier molecular flexibility index (Phi) is 12.5. The Morgan fingerprint density at radius 1 is 0.688 bits per heavy atom. The van der Waals surface area contributed by atoms with E-state index in [-0.39, 0.29) is 9.52 Å². The summed E-state index contributed by atoms with van der Waals surface area (Å²) in [7, 11) is 0.978. The summed E-state index contributed by atoms with van der Waals surface area (Å²) in [6.45, 7) is 4.32.